The first kappa shape index (κ1) is 14.1. The lowest BCUT2D eigenvalue weighted by atomic mass is 10.1. The lowest BCUT2D eigenvalue weighted by molar-refractivity contribution is 0.214. The molecule has 0 saturated carbocycles. The Labute approximate surface area is 102 Å². The van der Waals surface area contributed by atoms with Crippen LogP contribution in [-0.4, -0.2) is 36.2 Å². The normalized spacial score (nSPS) is 14.9. The number of benzene rings is 1. The van der Waals surface area contributed by atoms with E-state index < -0.39 is 0 Å². The minimum atomic E-state index is -0.192. The highest BCUT2D eigenvalue weighted by molar-refractivity contribution is 5.20. The van der Waals surface area contributed by atoms with E-state index in [1.165, 1.54) is 6.07 Å². The summed E-state index contributed by atoms with van der Waals surface area (Å²) in [5.74, 6) is -0.192. The van der Waals surface area contributed by atoms with Crippen LogP contribution in [-0.2, 0) is 0 Å². The summed E-state index contributed by atoms with van der Waals surface area (Å²) in [5, 5.41) is 8.79. The molecule has 0 radical (unpaired) electrons. The second-order valence-corrected chi connectivity index (χ2v) is 4.41. The van der Waals surface area contributed by atoms with Crippen LogP contribution in [0.4, 0.5) is 4.39 Å². The number of likely N-dealkylation sites (N-methyl/N-ethyl adjacent to an activating group) is 1. The Morgan fingerprint density at radius 2 is 2.06 bits per heavy atom. The third kappa shape index (κ3) is 4.07. The van der Waals surface area contributed by atoms with Crippen molar-refractivity contribution in [3.05, 3.63) is 35.6 Å². The monoisotopic (exact) mass is 240 g/mol. The van der Waals surface area contributed by atoms with Crippen LogP contribution >= 0.6 is 0 Å². The number of hydrogen-bond acceptors (Lipinski definition) is 3. The molecule has 0 amide bonds. The molecular weight excluding hydrogens is 219 g/mol. The van der Waals surface area contributed by atoms with Gasteiger partial charge in [-0.25, -0.2) is 4.39 Å². The Bertz CT molecular complexity index is 346. The van der Waals surface area contributed by atoms with Crippen LogP contribution in [0.5, 0.6) is 0 Å². The maximum atomic E-state index is 13.6. The Morgan fingerprint density at radius 3 is 2.65 bits per heavy atom. The number of nitrogens with two attached hydrogens (primary N) is 1. The zero-order valence-corrected chi connectivity index (χ0v) is 10.4. The zero-order chi connectivity index (χ0) is 12.8. The van der Waals surface area contributed by atoms with Crippen LogP contribution in [0.1, 0.15) is 24.9 Å². The van der Waals surface area contributed by atoms with E-state index in [1.807, 2.05) is 24.9 Å². The van der Waals surface area contributed by atoms with Gasteiger partial charge in [-0.15, -0.1) is 0 Å². The van der Waals surface area contributed by atoms with Gasteiger partial charge in [-0.3, -0.25) is 4.90 Å². The number of hydrogen-bond donors (Lipinski definition) is 2. The van der Waals surface area contributed by atoms with E-state index in [2.05, 4.69) is 0 Å². The van der Waals surface area contributed by atoms with Crippen molar-refractivity contribution in [2.24, 2.45) is 5.73 Å². The maximum Gasteiger partial charge on any atom is 0.127 e. The molecule has 0 fully saturated rings. The van der Waals surface area contributed by atoms with Crippen molar-refractivity contribution in [1.29, 1.82) is 0 Å². The van der Waals surface area contributed by atoms with Gasteiger partial charge in [0.2, 0.25) is 0 Å². The van der Waals surface area contributed by atoms with E-state index >= 15 is 0 Å². The van der Waals surface area contributed by atoms with Gasteiger partial charge in [0.05, 0.1) is 0 Å². The molecule has 17 heavy (non-hydrogen) atoms. The van der Waals surface area contributed by atoms with Crippen molar-refractivity contribution in [2.45, 2.75) is 25.4 Å². The molecule has 2 atom stereocenters. The van der Waals surface area contributed by atoms with Gasteiger partial charge >= 0.3 is 0 Å². The number of halogens is 1. The first-order chi connectivity index (χ1) is 8.06. The van der Waals surface area contributed by atoms with Gasteiger partial charge in [0.15, 0.2) is 0 Å². The lowest BCUT2D eigenvalue weighted by Gasteiger charge is -2.27. The van der Waals surface area contributed by atoms with Crippen molar-refractivity contribution in [3.8, 4) is 0 Å². The standard InChI is InChI=1S/C13H21FN2O/c1-10(12-5-3-4-6-13(12)14)16(2)9-11(15)7-8-17/h3-6,10-11,17H,7-9,15H2,1-2H3. The highest BCUT2D eigenvalue weighted by Gasteiger charge is 2.16. The van der Waals surface area contributed by atoms with Crippen molar-refractivity contribution in [3.63, 3.8) is 0 Å². The molecule has 0 saturated heterocycles. The average Bonchev–Trinajstić information content (AvgIpc) is 2.29. The molecule has 0 aliphatic carbocycles. The smallest absolute Gasteiger partial charge is 0.127 e. The lowest BCUT2D eigenvalue weighted by Crippen LogP contribution is -2.37. The molecule has 1 rings (SSSR count). The van der Waals surface area contributed by atoms with Crippen LogP contribution in [0.2, 0.25) is 0 Å². The SMILES string of the molecule is CC(c1ccccc1F)N(C)CC(N)CCO. The Morgan fingerprint density at radius 1 is 1.41 bits per heavy atom. The summed E-state index contributed by atoms with van der Waals surface area (Å²) < 4.78 is 13.6. The van der Waals surface area contributed by atoms with Gasteiger partial charge in [0.1, 0.15) is 5.82 Å². The van der Waals surface area contributed by atoms with Crippen LogP contribution in [0.15, 0.2) is 24.3 Å². The van der Waals surface area contributed by atoms with E-state index in [0.717, 1.165) is 0 Å². The molecule has 4 heteroatoms. The Balaban J connectivity index is 2.63. The fourth-order valence-electron chi connectivity index (χ4n) is 1.84. The molecule has 0 bridgehead atoms. The third-order valence-corrected chi connectivity index (χ3v) is 3.04. The van der Waals surface area contributed by atoms with Crippen molar-refractivity contribution < 1.29 is 9.50 Å². The second-order valence-electron chi connectivity index (χ2n) is 4.41. The molecule has 2 unspecified atom stereocenters. The fraction of sp³-hybridized carbons (Fsp3) is 0.538. The largest absolute Gasteiger partial charge is 0.396 e. The number of aliphatic hydroxyl groups excluding tert-OH is 1. The van der Waals surface area contributed by atoms with Gasteiger partial charge < -0.3 is 10.8 Å². The van der Waals surface area contributed by atoms with Crippen LogP contribution in [0.3, 0.4) is 0 Å². The Hall–Kier alpha value is -0.970. The van der Waals surface area contributed by atoms with Crippen LogP contribution in [0.25, 0.3) is 0 Å². The van der Waals surface area contributed by atoms with E-state index in [-0.39, 0.29) is 24.5 Å². The topological polar surface area (TPSA) is 49.5 Å². The third-order valence-electron chi connectivity index (χ3n) is 3.04. The molecule has 3 nitrogen and oxygen atoms in total. The molecule has 1 aromatic rings. The van der Waals surface area contributed by atoms with E-state index in [9.17, 15) is 4.39 Å². The molecule has 0 heterocycles. The molecule has 0 aromatic heterocycles. The summed E-state index contributed by atoms with van der Waals surface area (Å²) in [6, 6.07) is 6.65. The first-order valence-corrected chi connectivity index (χ1v) is 5.87. The summed E-state index contributed by atoms with van der Waals surface area (Å²) >= 11 is 0. The van der Waals surface area contributed by atoms with Crippen LogP contribution in [0, 0.1) is 5.82 Å². The molecule has 96 valence electrons. The summed E-state index contributed by atoms with van der Waals surface area (Å²) in [7, 11) is 1.91. The molecule has 3 N–H and O–H groups in total. The van der Waals surface area contributed by atoms with Gasteiger partial charge in [-0.05, 0) is 26.5 Å². The maximum absolute atomic E-state index is 13.6. The summed E-state index contributed by atoms with van der Waals surface area (Å²) in [6.07, 6.45) is 0.564. The molecule has 0 aliphatic heterocycles. The highest BCUT2D eigenvalue weighted by atomic mass is 19.1. The predicted octanol–water partition coefficient (Wildman–Crippen LogP) is 1.53. The van der Waals surface area contributed by atoms with Crippen LogP contribution < -0.4 is 5.73 Å². The van der Waals surface area contributed by atoms with E-state index in [4.69, 9.17) is 10.8 Å². The number of aliphatic hydroxyl groups is 1. The summed E-state index contributed by atoms with van der Waals surface area (Å²) in [5.41, 5.74) is 6.52. The van der Waals surface area contributed by atoms with Crippen molar-refractivity contribution in [2.75, 3.05) is 20.2 Å². The molecule has 1 aromatic carbocycles. The van der Waals surface area contributed by atoms with Crippen molar-refractivity contribution in [1.82, 2.24) is 4.90 Å². The average molecular weight is 240 g/mol. The molecule has 0 spiro atoms. The van der Waals surface area contributed by atoms with Gasteiger partial charge in [-0.2, -0.15) is 0 Å². The molecular formula is C13H21FN2O. The van der Waals surface area contributed by atoms with Gasteiger partial charge in [0, 0.05) is 30.8 Å². The van der Waals surface area contributed by atoms with Crippen molar-refractivity contribution >= 4 is 0 Å². The van der Waals surface area contributed by atoms with Gasteiger partial charge in [-0.1, -0.05) is 18.2 Å². The predicted molar refractivity (Wildman–Crippen MR) is 67.1 cm³/mol. The summed E-state index contributed by atoms with van der Waals surface area (Å²) in [6.45, 7) is 2.67. The first-order valence-electron chi connectivity index (χ1n) is 5.87. The highest BCUT2D eigenvalue weighted by Crippen LogP contribution is 2.21. The minimum Gasteiger partial charge on any atom is -0.396 e. The second kappa shape index (κ2) is 6.69. The molecule has 0 aliphatic rings. The van der Waals surface area contributed by atoms with Gasteiger partial charge in [0.25, 0.3) is 0 Å². The number of nitrogens with zero attached hydrogens (tertiary/aromatic N) is 1. The zero-order valence-electron chi connectivity index (χ0n) is 10.4. The fourth-order valence-corrected chi connectivity index (χ4v) is 1.84. The van der Waals surface area contributed by atoms with E-state index in [1.54, 1.807) is 12.1 Å². The number of rotatable bonds is 6. The Kier molecular flexibility index (Phi) is 5.55. The minimum absolute atomic E-state index is 0.0269. The quantitative estimate of drug-likeness (QED) is 0.792. The van der Waals surface area contributed by atoms with E-state index in [0.29, 0.717) is 18.5 Å². The summed E-state index contributed by atoms with van der Waals surface area (Å²) in [4.78, 5) is 2.00.